The Morgan fingerprint density at radius 1 is 1.09 bits per heavy atom. The SMILES string of the molecule is Cc1ccc(NCC(C)(C)c2ccc3c(c2)OC(F)(F)O3)nc1-c1ccc(F)c(C(=O)O)c1. The van der Waals surface area contributed by atoms with E-state index in [1.807, 2.05) is 26.8 Å². The molecule has 0 bridgehead atoms. The van der Waals surface area contributed by atoms with Gasteiger partial charge in [-0.15, -0.1) is 8.78 Å². The van der Waals surface area contributed by atoms with Crippen molar-refractivity contribution in [2.75, 3.05) is 11.9 Å². The Kier molecular flexibility index (Phi) is 5.43. The number of fused-ring (bicyclic) bond motifs is 1. The van der Waals surface area contributed by atoms with Crippen molar-refractivity contribution in [3.8, 4) is 22.8 Å². The summed E-state index contributed by atoms with van der Waals surface area (Å²) in [6, 6.07) is 12.1. The van der Waals surface area contributed by atoms with Gasteiger partial charge < -0.3 is 19.9 Å². The fraction of sp³-hybridized carbons (Fsp3) is 0.250. The van der Waals surface area contributed by atoms with Crippen LogP contribution in [0.15, 0.2) is 48.5 Å². The third-order valence-corrected chi connectivity index (χ3v) is 5.46. The number of aromatic nitrogens is 1. The summed E-state index contributed by atoms with van der Waals surface area (Å²) in [6.07, 6.45) is -3.67. The molecule has 0 atom stereocenters. The number of ether oxygens (including phenoxy) is 2. The van der Waals surface area contributed by atoms with Crippen LogP contribution in [0.5, 0.6) is 11.5 Å². The molecule has 6 nitrogen and oxygen atoms in total. The van der Waals surface area contributed by atoms with Gasteiger partial charge in [-0.2, -0.15) is 0 Å². The minimum atomic E-state index is -3.67. The van der Waals surface area contributed by atoms with Crippen LogP contribution in [-0.2, 0) is 5.41 Å². The average molecular weight is 458 g/mol. The molecule has 0 saturated carbocycles. The molecule has 9 heteroatoms. The third kappa shape index (κ3) is 4.57. The number of carboxylic acids is 1. The minimum absolute atomic E-state index is 0.0163. The second-order valence-electron chi connectivity index (χ2n) is 8.43. The number of rotatable bonds is 6. The highest BCUT2D eigenvalue weighted by Gasteiger charge is 2.43. The number of hydrogen-bond acceptors (Lipinski definition) is 5. The zero-order valence-corrected chi connectivity index (χ0v) is 18.1. The number of carbonyl (C=O) groups is 1. The molecule has 4 rings (SSSR count). The van der Waals surface area contributed by atoms with E-state index in [0.717, 1.165) is 17.2 Å². The smallest absolute Gasteiger partial charge is 0.478 e. The number of pyridine rings is 1. The molecule has 0 aliphatic carbocycles. The van der Waals surface area contributed by atoms with Crippen LogP contribution in [-0.4, -0.2) is 28.9 Å². The highest BCUT2D eigenvalue weighted by Crippen LogP contribution is 2.43. The minimum Gasteiger partial charge on any atom is -0.478 e. The largest absolute Gasteiger partial charge is 0.586 e. The molecule has 0 fully saturated rings. The van der Waals surface area contributed by atoms with Crippen LogP contribution in [0.25, 0.3) is 11.3 Å². The van der Waals surface area contributed by atoms with Crippen molar-refractivity contribution in [3.05, 3.63) is 71.0 Å². The summed E-state index contributed by atoms with van der Waals surface area (Å²) in [5.41, 5.74) is 1.62. The third-order valence-electron chi connectivity index (χ3n) is 5.46. The lowest BCUT2D eigenvalue weighted by atomic mass is 9.84. The van der Waals surface area contributed by atoms with Crippen molar-refractivity contribution < 1.29 is 32.5 Å². The van der Waals surface area contributed by atoms with Gasteiger partial charge in [0.2, 0.25) is 0 Å². The van der Waals surface area contributed by atoms with E-state index >= 15 is 0 Å². The molecular formula is C24H21F3N2O4. The number of anilines is 1. The lowest BCUT2D eigenvalue weighted by molar-refractivity contribution is -0.286. The van der Waals surface area contributed by atoms with E-state index in [0.29, 0.717) is 23.6 Å². The van der Waals surface area contributed by atoms with E-state index in [4.69, 9.17) is 0 Å². The van der Waals surface area contributed by atoms with Gasteiger partial charge in [0.25, 0.3) is 0 Å². The van der Waals surface area contributed by atoms with Crippen molar-refractivity contribution in [2.24, 2.45) is 0 Å². The molecule has 0 spiro atoms. The van der Waals surface area contributed by atoms with Crippen LogP contribution in [0.1, 0.15) is 35.3 Å². The summed E-state index contributed by atoms with van der Waals surface area (Å²) in [4.78, 5) is 15.9. The van der Waals surface area contributed by atoms with Crippen LogP contribution >= 0.6 is 0 Å². The normalized spacial score (nSPS) is 14.2. The number of aromatic carboxylic acids is 1. The summed E-state index contributed by atoms with van der Waals surface area (Å²) in [5.74, 6) is -1.69. The Morgan fingerprint density at radius 3 is 2.55 bits per heavy atom. The quantitative estimate of drug-likeness (QED) is 0.500. The van der Waals surface area contributed by atoms with E-state index in [1.54, 1.807) is 12.1 Å². The first-order chi connectivity index (χ1) is 15.4. The zero-order chi connectivity index (χ0) is 24.0. The second kappa shape index (κ2) is 7.99. The molecule has 0 unspecified atom stereocenters. The van der Waals surface area contributed by atoms with Crippen molar-refractivity contribution in [1.29, 1.82) is 0 Å². The summed E-state index contributed by atoms with van der Waals surface area (Å²) in [5, 5.41) is 12.4. The fourth-order valence-corrected chi connectivity index (χ4v) is 3.54. The first-order valence-corrected chi connectivity index (χ1v) is 10.1. The number of nitrogens with one attached hydrogen (secondary N) is 1. The number of benzene rings is 2. The maximum absolute atomic E-state index is 13.8. The van der Waals surface area contributed by atoms with Gasteiger partial charge in [-0.05, 0) is 54.4 Å². The first-order valence-electron chi connectivity index (χ1n) is 10.1. The van der Waals surface area contributed by atoms with Crippen molar-refractivity contribution >= 4 is 11.8 Å². The van der Waals surface area contributed by atoms with Gasteiger partial charge in [-0.25, -0.2) is 14.2 Å². The molecule has 33 heavy (non-hydrogen) atoms. The number of carboxylic acid groups (broad SMARTS) is 1. The molecule has 1 aliphatic heterocycles. The van der Waals surface area contributed by atoms with Gasteiger partial charge in [0.05, 0.1) is 11.3 Å². The highest BCUT2D eigenvalue weighted by molar-refractivity contribution is 5.89. The van der Waals surface area contributed by atoms with Crippen LogP contribution < -0.4 is 14.8 Å². The molecule has 2 heterocycles. The van der Waals surface area contributed by atoms with E-state index in [2.05, 4.69) is 19.8 Å². The number of nitrogens with zero attached hydrogens (tertiary/aromatic N) is 1. The van der Waals surface area contributed by atoms with E-state index < -0.39 is 29.1 Å². The van der Waals surface area contributed by atoms with Gasteiger partial charge in [0.15, 0.2) is 11.5 Å². The van der Waals surface area contributed by atoms with Gasteiger partial charge in [0.1, 0.15) is 11.6 Å². The highest BCUT2D eigenvalue weighted by atomic mass is 19.3. The van der Waals surface area contributed by atoms with Crippen LogP contribution in [0.2, 0.25) is 0 Å². The molecule has 2 N–H and O–H groups in total. The van der Waals surface area contributed by atoms with Crippen molar-refractivity contribution in [2.45, 2.75) is 32.5 Å². The Hall–Kier alpha value is -3.75. The van der Waals surface area contributed by atoms with Gasteiger partial charge in [-0.1, -0.05) is 26.0 Å². The second-order valence-corrected chi connectivity index (χ2v) is 8.43. The molecule has 0 radical (unpaired) electrons. The van der Waals surface area contributed by atoms with Crippen LogP contribution in [0.4, 0.5) is 19.0 Å². The summed E-state index contributed by atoms with van der Waals surface area (Å²) in [6.45, 7) is 6.10. The molecule has 3 aromatic rings. The standard InChI is InChI=1S/C24H21F3N2O4/c1-13-4-9-20(29-21(13)14-5-7-17(25)16(10-14)22(30)31)28-12-23(2,3)15-6-8-18-19(11-15)33-24(26,27)32-18/h4-11H,12H2,1-3H3,(H,28,29)(H,30,31). The lowest BCUT2D eigenvalue weighted by Crippen LogP contribution is -2.28. The Bertz CT molecular complexity index is 1240. The van der Waals surface area contributed by atoms with Crippen LogP contribution in [0, 0.1) is 12.7 Å². The Morgan fingerprint density at radius 2 is 1.82 bits per heavy atom. The maximum Gasteiger partial charge on any atom is 0.586 e. The maximum atomic E-state index is 13.8. The number of halogens is 3. The molecule has 1 aliphatic rings. The molecule has 0 amide bonds. The zero-order valence-electron chi connectivity index (χ0n) is 18.1. The average Bonchev–Trinajstić information content (AvgIpc) is 3.06. The fourth-order valence-electron chi connectivity index (χ4n) is 3.54. The molecule has 1 aromatic heterocycles. The van der Waals surface area contributed by atoms with Crippen molar-refractivity contribution in [3.63, 3.8) is 0 Å². The van der Waals surface area contributed by atoms with E-state index in [9.17, 15) is 23.1 Å². The summed E-state index contributed by atoms with van der Waals surface area (Å²) in [7, 11) is 0. The predicted molar refractivity (Wildman–Crippen MR) is 115 cm³/mol. The molecule has 2 aromatic carbocycles. The van der Waals surface area contributed by atoms with Crippen LogP contribution in [0.3, 0.4) is 0 Å². The monoisotopic (exact) mass is 458 g/mol. The van der Waals surface area contributed by atoms with E-state index in [1.165, 1.54) is 24.3 Å². The van der Waals surface area contributed by atoms with Gasteiger partial charge in [0, 0.05) is 17.5 Å². The molecular weight excluding hydrogens is 437 g/mol. The summed E-state index contributed by atoms with van der Waals surface area (Å²) >= 11 is 0. The molecule has 172 valence electrons. The molecule has 0 saturated heterocycles. The number of aryl methyl sites for hydroxylation is 1. The lowest BCUT2D eigenvalue weighted by Gasteiger charge is -2.26. The summed E-state index contributed by atoms with van der Waals surface area (Å²) < 4.78 is 49.4. The van der Waals surface area contributed by atoms with Gasteiger partial charge >= 0.3 is 12.3 Å². The van der Waals surface area contributed by atoms with Gasteiger partial charge in [-0.3, -0.25) is 0 Å². The first kappa shape index (κ1) is 22.4. The number of alkyl halides is 2. The topological polar surface area (TPSA) is 80.7 Å². The Labute approximate surface area is 188 Å². The van der Waals surface area contributed by atoms with E-state index in [-0.39, 0.29) is 11.5 Å². The van der Waals surface area contributed by atoms with Crippen molar-refractivity contribution in [1.82, 2.24) is 4.98 Å². The Balaban J connectivity index is 1.55. The predicted octanol–water partition coefficient (Wildman–Crippen LogP) is 5.61. The number of hydrogen-bond donors (Lipinski definition) is 2.